The Morgan fingerprint density at radius 3 is 2.77 bits per heavy atom. The Hall–Kier alpha value is -0.921. The molecule has 1 aromatic rings. The molecule has 2 rings (SSSR count). The molecular weight excluding hydrogens is 354 g/mol. The van der Waals surface area contributed by atoms with Crippen LogP contribution in [0.2, 0.25) is 0 Å². The van der Waals surface area contributed by atoms with E-state index in [1.807, 2.05) is 19.9 Å². The van der Waals surface area contributed by atoms with Crippen LogP contribution in [0.25, 0.3) is 5.32 Å². The Balaban J connectivity index is 0.00000242. The summed E-state index contributed by atoms with van der Waals surface area (Å²) in [6, 6.07) is 5.14. The van der Waals surface area contributed by atoms with Gasteiger partial charge in [-0.2, -0.15) is 0 Å². The average molecular weight is 374 g/mol. The van der Waals surface area contributed by atoms with E-state index in [9.17, 15) is 8.42 Å². The largest absolute Gasteiger partial charge is 1.00 e. The standard InChI is InChI=1S/C14H20N3O3S.Cu/c1-4-20-9-8-16-21(18,19)12-7-5-6-11-10(2)17-14(15-3)13(11)12;/h5-7,10,16H,4,8-9H2,1-3H3;/q-1;+1. The Bertz CT molecular complexity index is 647. The van der Waals surface area contributed by atoms with Crippen molar-refractivity contribution >= 4 is 15.9 Å². The smallest absolute Gasteiger partial charge is 0.469 e. The van der Waals surface area contributed by atoms with E-state index >= 15 is 0 Å². The van der Waals surface area contributed by atoms with E-state index in [2.05, 4.69) is 15.0 Å². The van der Waals surface area contributed by atoms with Gasteiger partial charge in [0.1, 0.15) is 0 Å². The van der Waals surface area contributed by atoms with E-state index < -0.39 is 10.0 Å². The monoisotopic (exact) mass is 373 g/mol. The topological polar surface area (TPSA) is 81.9 Å². The van der Waals surface area contributed by atoms with Gasteiger partial charge in [0, 0.05) is 13.2 Å². The first-order valence-electron chi connectivity index (χ1n) is 6.89. The van der Waals surface area contributed by atoms with E-state index in [4.69, 9.17) is 4.74 Å². The Labute approximate surface area is 142 Å². The molecule has 1 unspecified atom stereocenters. The Kier molecular flexibility index (Phi) is 7.02. The van der Waals surface area contributed by atoms with Gasteiger partial charge in [-0.1, -0.05) is 31.9 Å². The van der Waals surface area contributed by atoms with Crippen molar-refractivity contribution in [2.45, 2.75) is 24.8 Å². The van der Waals surface area contributed by atoms with Crippen LogP contribution in [0.5, 0.6) is 0 Å². The number of amidine groups is 1. The van der Waals surface area contributed by atoms with Crippen molar-refractivity contribution < 1.29 is 30.2 Å². The third-order valence-corrected chi connectivity index (χ3v) is 4.80. The normalized spacial score (nSPS) is 18.7. The number of nitrogens with zero attached hydrogens (tertiary/aromatic N) is 2. The van der Waals surface area contributed by atoms with Crippen molar-refractivity contribution in [2.75, 3.05) is 26.8 Å². The van der Waals surface area contributed by atoms with Gasteiger partial charge in [-0.15, -0.1) is 0 Å². The number of ether oxygens (including phenoxy) is 1. The van der Waals surface area contributed by atoms with E-state index in [1.165, 1.54) is 0 Å². The maximum Gasteiger partial charge on any atom is 1.00 e. The van der Waals surface area contributed by atoms with Gasteiger partial charge in [-0.05, 0) is 30.2 Å². The summed E-state index contributed by atoms with van der Waals surface area (Å²) in [5.74, 6) is 0.489. The summed E-state index contributed by atoms with van der Waals surface area (Å²) in [4.78, 5) is 4.32. The van der Waals surface area contributed by atoms with Gasteiger partial charge in [0.15, 0.2) is 0 Å². The van der Waals surface area contributed by atoms with Crippen LogP contribution in [0.4, 0.5) is 0 Å². The average Bonchev–Trinajstić information content (AvgIpc) is 2.80. The SMILES string of the molecule is CCOCCNS(=O)(=O)c1cccc2c1C(=NC)[N-]C2C.[Cu+]. The van der Waals surface area contributed by atoms with E-state index in [1.54, 1.807) is 19.2 Å². The summed E-state index contributed by atoms with van der Waals surface area (Å²) < 4.78 is 32.6. The number of benzene rings is 1. The van der Waals surface area contributed by atoms with Gasteiger partial charge in [0.25, 0.3) is 0 Å². The zero-order valence-electron chi connectivity index (χ0n) is 12.8. The third kappa shape index (κ3) is 3.88. The van der Waals surface area contributed by atoms with Crippen molar-refractivity contribution in [2.24, 2.45) is 4.99 Å². The molecule has 1 atom stereocenters. The molecule has 126 valence electrons. The van der Waals surface area contributed by atoms with Crippen LogP contribution in [0.3, 0.4) is 0 Å². The molecule has 0 aliphatic carbocycles. The van der Waals surface area contributed by atoms with Crippen molar-refractivity contribution in [3.05, 3.63) is 34.6 Å². The molecule has 0 saturated carbocycles. The Morgan fingerprint density at radius 1 is 1.41 bits per heavy atom. The first kappa shape index (κ1) is 19.1. The number of hydrogen-bond donors (Lipinski definition) is 1. The molecule has 1 aliphatic rings. The van der Waals surface area contributed by atoms with E-state index in [0.29, 0.717) is 24.6 Å². The summed E-state index contributed by atoms with van der Waals surface area (Å²) in [5.41, 5.74) is 1.50. The molecule has 0 amide bonds. The fourth-order valence-electron chi connectivity index (χ4n) is 2.32. The molecule has 0 spiro atoms. The molecule has 0 bridgehead atoms. The molecule has 8 heteroatoms. The number of fused-ring (bicyclic) bond motifs is 1. The first-order chi connectivity index (χ1) is 10.0. The maximum absolute atomic E-state index is 12.5. The predicted molar refractivity (Wildman–Crippen MR) is 82.4 cm³/mol. The van der Waals surface area contributed by atoms with Crippen LogP contribution >= 0.6 is 0 Å². The molecule has 0 aromatic heterocycles. The second-order valence-corrected chi connectivity index (χ2v) is 6.40. The minimum Gasteiger partial charge on any atom is -0.469 e. The quantitative estimate of drug-likeness (QED) is 0.610. The number of aliphatic imine (C=N–C) groups is 1. The summed E-state index contributed by atoms with van der Waals surface area (Å²) in [6.07, 6.45) is 0. The summed E-state index contributed by atoms with van der Waals surface area (Å²) in [5, 5.41) is 4.39. The second kappa shape index (κ2) is 8.08. The van der Waals surface area contributed by atoms with Crippen LogP contribution in [0.15, 0.2) is 28.1 Å². The third-order valence-electron chi connectivity index (χ3n) is 3.29. The van der Waals surface area contributed by atoms with Crippen LogP contribution in [0, 0.1) is 0 Å². The molecule has 0 radical (unpaired) electrons. The zero-order valence-corrected chi connectivity index (χ0v) is 14.5. The van der Waals surface area contributed by atoms with Crippen LogP contribution in [-0.2, 0) is 31.8 Å². The molecular formula is C14H20CuN3O3S. The fraction of sp³-hybridized carbons (Fsp3) is 0.500. The van der Waals surface area contributed by atoms with E-state index in [-0.39, 0.29) is 34.6 Å². The fourth-order valence-corrected chi connectivity index (χ4v) is 3.56. The van der Waals surface area contributed by atoms with Crippen molar-refractivity contribution in [1.29, 1.82) is 0 Å². The molecule has 1 aliphatic heterocycles. The summed E-state index contributed by atoms with van der Waals surface area (Å²) in [7, 11) is -1.99. The Morgan fingerprint density at radius 2 is 2.14 bits per heavy atom. The number of sulfonamides is 1. The minimum absolute atomic E-state index is 0. The molecule has 22 heavy (non-hydrogen) atoms. The molecule has 1 N–H and O–H groups in total. The predicted octanol–water partition coefficient (Wildman–Crippen LogP) is 1.82. The van der Waals surface area contributed by atoms with Crippen LogP contribution in [-0.4, -0.2) is 41.1 Å². The van der Waals surface area contributed by atoms with Gasteiger partial charge in [-0.25, -0.2) is 13.1 Å². The minimum atomic E-state index is -3.60. The number of hydrogen-bond acceptors (Lipinski definition) is 4. The zero-order chi connectivity index (χ0) is 15.5. The molecule has 0 fully saturated rings. The number of nitrogens with one attached hydrogen (secondary N) is 1. The van der Waals surface area contributed by atoms with E-state index in [0.717, 1.165) is 5.56 Å². The second-order valence-electron chi connectivity index (χ2n) is 4.67. The molecule has 0 saturated heterocycles. The molecule has 1 heterocycles. The molecule has 1 aromatic carbocycles. The van der Waals surface area contributed by atoms with Gasteiger partial charge in [0.2, 0.25) is 10.0 Å². The van der Waals surface area contributed by atoms with Crippen molar-refractivity contribution in [3.63, 3.8) is 0 Å². The van der Waals surface area contributed by atoms with Crippen molar-refractivity contribution in [1.82, 2.24) is 4.72 Å². The van der Waals surface area contributed by atoms with Crippen LogP contribution in [0.1, 0.15) is 31.0 Å². The van der Waals surface area contributed by atoms with Gasteiger partial charge < -0.3 is 15.0 Å². The van der Waals surface area contributed by atoms with Gasteiger partial charge in [-0.3, -0.25) is 0 Å². The first-order valence-corrected chi connectivity index (χ1v) is 8.38. The van der Waals surface area contributed by atoms with Crippen LogP contribution < -0.4 is 4.72 Å². The summed E-state index contributed by atoms with van der Waals surface area (Å²) >= 11 is 0. The van der Waals surface area contributed by atoms with Gasteiger partial charge in [0.05, 0.1) is 11.5 Å². The maximum atomic E-state index is 12.5. The number of rotatable bonds is 6. The molecule has 6 nitrogen and oxygen atoms in total. The summed E-state index contributed by atoms with van der Waals surface area (Å²) in [6.45, 7) is 4.94. The van der Waals surface area contributed by atoms with Crippen molar-refractivity contribution in [3.8, 4) is 0 Å². The van der Waals surface area contributed by atoms with Gasteiger partial charge >= 0.3 is 17.1 Å².